The lowest BCUT2D eigenvalue weighted by Crippen LogP contribution is -1.71. The standard InChI is InChI=1S/C3H4O2S2/c4-1-2-6-7-3-5/h1,3H,2H2. The van der Waals surface area contributed by atoms with E-state index >= 15 is 0 Å². The fourth-order valence-electron chi connectivity index (χ4n) is 0.0948. The molecule has 0 saturated carbocycles. The molecule has 0 aromatic heterocycles. The Bertz CT molecular complexity index is 56.0. The van der Waals surface area contributed by atoms with Crippen LogP contribution in [0.1, 0.15) is 0 Å². The van der Waals surface area contributed by atoms with Gasteiger partial charge in [0.2, 0.25) is 0 Å². The molecule has 0 aliphatic rings. The SMILES string of the molecule is O=CCSSC=O. The fourth-order valence-corrected chi connectivity index (χ4v) is 0.854. The van der Waals surface area contributed by atoms with E-state index in [0.717, 1.165) is 17.1 Å². The van der Waals surface area contributed by atoms with Gasteiger partial charge >= 0.3 is 0 Å². The van der Waals surface area contributed by atoms with Gasteiger partial charge in [0.05, 0.1) is 5.75 Å². The van der Waals surface area contributed by atoms with E-state index in [0.29, 0.717) is 11.4 Å². The van der Waals surface area contributed by atoms with Gasteiger partial charge in [-0.2, -0.15) is 0 Å². The van der Waals surface area contributed by atoms with E-state index in [-0.39, 0.29) is 0 Å². The Hall–Kier alpha value is 0.0400. The summed E-state index contributed by atoms with van der Waals surface area (Å²) >= 11 is 0. The zero-order chi connectivity index (χ0) is 5.54. The molecule has 0 aromatic carbocycles. The third-order valence-corrected chi connectivity index (χ3v) is 1.78. The second kappa shape index (κ2) is 6.04. The molecule has 0 aliphatic heterocycles. The monoisotopic (exact) mass is 136 g/mol. The van der Waals surface area contributed by atoms with Gasteiger partial charge in [0.1, 0.15) is 6.29 Å². The lowest BCUT2D eigenvalue weighted by molar-refractivity contribution is -0.105. The van der Waals surface area contributed by atoms with Crippen molar-refractivity contribution < 1.29 is 9.59 Å². The molecule has 0 aromatic rings. The first kappa shape index (κ1) is 7.04. The number of rotatable bonds is 4. The van der Waals surface area contributed by atoms with E-state index in [2.05, 4.69) is 0 Å². The molecule has 4 heteroatoms. The Labute approximate surface area is 49.4 Å². The predicted molar refractivity (Wildman–Crippen MR) is 32.9 cm³/mol. The average Bonchev–Trinajstić information content (AvgIpc) is 1.69. The summed E-state index contributed by atoms with van der Waals surface area (Å²) in [6.45, 7) is 0. The van der Waals surface area contributed by atoms with Crippen molar-refractivity contribution in [2.24, 2.45) is 0 Å². The molecule has 0 aliphatic carbocycles. The highest BCUT2D eigenvalue weighted by Crippen LogP contribution is 2.14. The highest BCUT2D eigenvalue weighted by Gasteiger charge is 1.80. The van der Waals surface area contributed by atoms with Crippen LogP contribution in [0.25, 0.3) is 0 Å². The van der Waals surface area contributed by atoms with Crippen molar-refractivity contribution in [2.45, 2.75) is 0 Å². The minimum absolute atomic E-state index is 0.392. The summed E-state index contributed by atoms with van der Waals surface area (Å²) in [5, 5.41) is 0. The van der Waals surface area contributed by atoms with Crippen LogP contribution >= 0.6 is 21.6 Å². The van der Waals surface area contributed by atoms with Crippen molar-refractivity contribution in [1.82, 2.24) is 0 Å². The topological polar surface area (TPSA) is 34.1 Å². The largest absolute Gasteiger partial charge is 0.302 e. The first-order chi connectivity index (χ1) is 3.41. The number of carbonyl (C=O) groups excluding carboxylic acids is 2. The highest BCUT2D eigenvalue weighted by molar-refractivity contribution is 8.81. The molecule has 7 heavy (non-hydrogen) atoms. The van der Waals surface area contributed by atoms with E-state index in [1.54, 1.807) is 0 Å². The van der Waals surface area contributed by atoms with Crippen LogP contribution in [0.2, 0.25) is 0 Å². The van der Waals surface area contributed by atoms with Crippen molar-refractivity contribution in [3.63, 3.8) is 0 Å². The van der Waals surface area contributed by atoms with Crippen LogP contribution < -0.4 is 0 Å². The van der Waals surface area contributed by atoms with Gasteiger partial charge in [-0.25, -0.2) is 0 Å². The number of aldehydes is 1. The molecule has 40 valence electrons. The zero-order valence-corrected chi connectivity index (χ0v) is 5.13. The smallest absolute Gasteiger partial charge is 0.186 e. The summed E-state index contributed by atoms with van der Waals surface area (Å²) in [5.74, 6) is 0.392. The van der Waals surface area contributed by atoms with Crippen molar-refractivity contribution in [1.29, 1.82) is 0 Å². The summed E-state index contributed by atoms with van der Waals surface area (Å²) < 4.78 is 0. The maximum atomic E-state index is 9.53. The Morgan fingerprint density at radius 1 is 1.43 bits per heavy atom. The molecule has 0 fully saturated rings. The second-order valence-corrected chi connectivity index (χ2v) is 2.88. The summed E-state index contributed by atoms with van der Waals surface area (Å²) in [7, 11) is 2.27. The third kappa shape index (κ3) is 6.04. The van der Waals surface area contributed by atoms with Crippen molar-refractivity contribution in [3.8, 4) is 0 Å². The van der Waals surface area contributed by atoms with Gasteiger partial charge in [0.25, 0.3) is 0 Å². The summed E-state index contributed by atoms with van der Waals surface area (Å²) in [5.41, 5.74) is 0.703. The van der Waals surface area contributed by atoms with Crippen LogP contribution in [0.15, 0.2) is 0 Å². The molecular weight excluding hydrogens is 132 g/mol. The van der Waals surface area contributed by atoms with Crippen LogP contribution in [0.5, 0.6) is 0 Å². The molecule has 0 amide bonds. The van der Waals surface area contributed by atoms with Crippen molar-refractivity contribution in [2.75, 3.05) is 5.75 Å². The maximum Gasteiger partial charge on any atom is 0.186 e. The molecule has 0 saturated heterocycles. The lowest BCUT2D eigenvalue weighted by atomic mass is 10.9. The van der Waals surface area contributed by atoms with E-state index in [1.165, 1.54) is 10.8 Å². The van der Waals surface area contributed by atoms with Crippen LogP contribution in [-0.4, -0.2) is 17.7 Å². The number of hydrogen-bond donors (Lipinski definition) is 0. The minimum atomic E-state index is 0.392. The molecule has 0 unspecified atom stereocenters. The Morgan fingerprint density at radius 3 is 2.57 bits per heavy atom. The Balaban J connectivity index is 2.68. The van der Waals surface area contributed by atoms with Gasteiger partial charge in [-0.1, -0.05) is 10.8 Å². The fraction of sp³-hybridized carbons (Fsp3) is 0.333. The Kier molecular flexibility index (Phi) is 6.07. The molecule has 0 heterocycles. The van der Waals surface area contributed by atoms with Crippen molar-refractivity contribution >= 4 is 33.5 Å². The predicted octanol–water partition coefficient (Wildman–Crippen LogP) is 0.757. The van der Waals surface area contributed by atoms with Gasteiger partial charge in [-0.15, -0.1) is 0 Å². The summed E-state index contributed by atoms with van der Waals surface area (Å²) in [4.78, 5) is 19.0. The van der Waals surface area contributed by atoms with Gasteiger partial charge in [-0.3, -0.25) is 4.79 Å². The molecule has 0 rings (SSSR count). The number of hydrogen-bond acceptors (Lipinski definition) is 4. The van der Waals surface area contributed by atoms with Gasteiger partial charge < -0.3 is 4.79 Å². The molecule has 0 spiro atoms. The molecule has 0 radical (unpaired) electrons. The van der Waals surface area contributed by atoms with Crippen molar-refractivity contribution in [3.05, 3.63) is 0 Å². The van der Waals surface area contributed by atoms with Crippen LogP contribution in [0.3, 0.4) is 0 Å². The maximum absolute atomic E-state index is 9.53. The quantitative estimate of drug-likeness (QED) is 0.324. The Morgan fingerprint density at radius 2 is 2.14 bits per heavy atom. The van der Waals surface area contributed by atoms with E-state index in [9.17, 15) is 9.59 Å². The molecular formula is C3H4O2S2. The van der Waals surface area contributed by atoms with Gasteiger partial charge in [0, 0.05) is 0 Å². The number of carbonyl (C=O) groups is 2. The molecule has 0 atom stereocenters. The lowest BCUT2D eigenvalue weighted by Gasteiger charge is -1.78. The summed E-state index contributed by atoms with van der Waals surface area (Å²) in [6, 6.07) is 0. The van der Waals surface area contributed by atoms with Crippen LogP contribution in [-0.2, 0) is 9.59 Å². The molecule has 0 N–H and O–H groups in total. The highest BCUT2D eigenvalue weighted by atomic mass is 33.1. The molecule has 0 bridgehead atoms. The van der Waals surface area contributed by atoms with E-state index in [4.69, 9.17) is 0 Å². The van der Waals surface area contributed by atoms with E-state index < -0.39 is 0 Å². The van der Waals surface area contributed by atoms with E-state index in [1.807, 2.05) is 0 Å². The second-order valence-electron chi connectivity index (χ2n) is 0.644. The minimum Gasteiger partial charge on any atom is -0.302 e. The zero-order valence-electron chi connectivity index (χ0n) is 3.49. The van der Waals surface area contributed by atoms with Crippen LogP contribution in [0.4, 0.5) is 0 Å². The van der Waals surface area contributed by atoms with Gasteiger partial charge in [-0.05, 0) is 10.8 Å². The van der Waals surface area contributed by atoms with Gasteiger partial charge in [0.15, 0.2) is 5.62 Å². The first-order valence-corrected chi connectivity index (χ1v) is 3.95. The molecule has 2 nitrogen and oxygen atoms in total. The third-order valence-electron chi connectivity index (χ3n) is 0.243. The average molecular weight is 136 g/mol. The van der Waals surface area contributed by atoms with Crippen LogP contribution in [0, 0.1) is 0 Å². The first-order valence-electron chi connectivity index (χ1n) is 1.57. The summed E-state index contributed by atoms with van der Waals surface area (Å²) in [6.07, 6.45) is 0.765. The normalized spacial score (nSPS) is 8.00.